The van der Waals surface area contributed by atoms with Crippen LogP contribution in [0.15, 0.2) is 52.6 Å². The number of halogens is 4. The summed E-state index contributed by atoms with van der Waals surface area (Å²) in [6.45, 7) is 1.38. The van der Waals surface area contributed by atoms with Crippen LogP contribution in [0, 0.1) is 18.3 Å². The average Bonchev–Trinajstić information content (AvgIpc) is 3.38. The largest absolute Gasteiger partial charge is 0.491 e. The Morgan fingerprint density at radius 1 is 1.15 bits per heavy atom. The van der Waals surface area contributed by atoms with Gasteiger partial charge >= 0.3 is 12.1 Å². The number of aromatic carboxylic acids is 1. The number of pyridine rings is 1. The van der Waals surface area contributed by atoms with Gasteiger partial charge < -0.3 is 9.84 Å². The molecule has 0 amide bonds. The molecule has 202 valence electrons. The molecule has 8 nitrogen and oxygen atoms in total. The van der Waals surface area contributed by atoms with E-state index in [-0.39, 0.29) is 35.6 Å². The third-order valence-electron chi connectivity index (χ3n) is 6.13. The fourth-order valence-corrected chi connectivity index (χ4v) is 5.36. The fourth-order valence-electron chi connectivity index (χ4n) is 4.32. The van der Waals surface area contributed by atoms with E-state index in [0.717, 1.165) is 10.8 Å². The van der Waals surface area contributed by atoms with Crippen LogP contribution in [0.4, 0.5) is 13.2 Å². The number of rotatable bonds is 6. The molecule has 5 rings (SSSR count). The van der Waals surface area contributed by atoms with Crippen LogP contribution in [-0.4, -0.2) is 32.2 Å². The summed E-state index contributed by atoms with van der Waals surface area (Å²) in [5.41, 5.74) is -0.988. The number of carbonyl (C=O) groups is 1. The molecule has 0 unspecified atom stereocenters. The van der Waals surface area contributed by atoms with Gasteiger partial charge in [0.15, 0.2) is 0 Å². The summed E-state index contributed by atoms with van der Waals surface area (Å²) >= 11 is 7.63. The SMILES string of the molecule is Cc1nc2cc(C(F)(F)F)cc(C#N)c2c(=O)n1CCOc1ccc(Cl)cc1-c1cc(C(=O)O)nc2ccsc12. The Morgan fingerprint density at radius 3 is 2.62 bits per heavy atom. The summed E-state index contributed by atoms with van der Waals surface area (Å²) in [4.78, 5) is 33.2. The molecule has 0 bridgehead atoms. The molecule has 40 heavy (non-hydrogen) atoms. The molecular weight excluding hydrogens is 569 g/mol. The molecule has 0 saturated carbocycles. The Hall–Kier alpha value is -4.47. The maximum absolute atomic E-state index is 13.3. The van der Waals surface area contributed by atoms with Gasteiger partial charge in [-0.15, -0.1) is 11.3 Å². The van der Waals surface area contributed by atoms with Crippen LogP contribution in [0.3, 0.4) is 0 Å². The second kappa shape index (κ2) is 10.3. The number of thiophene rings is 1. The van der Waals surface area contributed by atoms with E-state index in [2.05, 4.69) is 9.97 Å². The van der Waals surface area contributed by atoms with Gasteiger partial charge in [0.2, 0.25) is 0 Å². The first-order valence-electron chi connectivity index (χ1n) is 11.5. The van der Waals surface area contributed by atoms with E-state index in [1.165, 1.54) is 28.9 Å². The highest BCUT2D eigenvalue weighted by Gasteiger charge is 2.32. The minimum absolute atomic E-state index is 0.0350. The highest BCUT2D eigenvalue weighted by atomic mass is 35.5. The highest BCUT2D eigenvalue weighted by molar-refractivity contribution is 7.17. The van der Waals surface area contributed by atoms with Gasteiger partial charge in [-0.2, -0.15) is 18.4 Å². The maximum atomic E-state index is 13.3. The van der Waals surface area contributed by atoms with Crippen LogP contribution in [-0.2, 0) is 12.7 Å². The van der Waals surface area contributed by atoms with E-state index in [4.69, 9.17) is 16.3 Å². The number of hydrogen-bond donors (Lipinski definition) is 1. The zero-order valence-electron chi connectivity index (χ0n) is 20.4. The summed E-state index contributed by atoms with van der Waals surface area (Å²) in [5.74, 6) is -0.702. The highest BCUT2D eigenvalue weighted by Crippen LogP contribution is 2.39. The number of fused-ring (bicyclic) bond motifs is 2. The lowest BCUT2D eigenvalue weighted by Gasteiger charge is -2.16. The zero-order chi connectivity index (χ0) is 28.8. The molecule has 0 aliphatic rings. The van der Waals surface area contributed by atoms with E-state index >= 15 is 0 Å². The quantitative estimate of drug-likeness (QED) is 0.249. The minimum atomic E-state index is -4.71. The second-order valence-corrected chi connectivity index (χ2v) is 9.98. The van der Waals surface area contributed by atoms with Crippen molar-refractivity contribution in [3.05, 3.63) is 85.9 Å². The lowest BCUT2D eigenvalue weighted by molar-refractivity contribution is -0.137. The van der Waals surface area contributed by atoms with Gasteiger partial charge in [0.1, 0.15) is 29.9 Å². The van der Waals surface area contributed by atoms with Crippen LogP contribution < -0.4 is 10.3 Å². The van der Waals surface area contributed by atoms with E-state index in [9.17, 15) is 33.1 Å². The van der Waals surface area contributed by atoms with Crippen molar-refractivity contribution >= 4 is 50.0 Å². The minimum Gasteiger partial charge on any atom is -0.491 e. The van der Waals surface area contributed by atoms with Crippen molar-refractivity contribution in [1.82, 2.24) is 14.5 Å². The van der Waals surface area contributed by atoms with E-state index < -0.39 is 28.8 Å². The number of aryl methyl sites for hydroxylation is 1. The van der Waals surface area contributed by atoms with Crippen LogP contribution in [0.1, 0.15) is 27.4 Å². The van der Waals surface area contributed by atoms with Crippen molar-refractivity contribution in [3.8, 4) is 22.9 Å². The van der Waals surface area contributed by atoms with E-state index in [0.29, 0.717) is 33.5 Å². The number of aromatic nitrogens is 3. The lowest BCUT2D eigenvalue weighted by Crippen LogP contribution is -2.27. The number of carboxylic acids is 1. The van der Waals surface area contributed by atoms with Crippen molar-refractivity contribution in [3.63, 3.8) is 0 Å². The first-order chi connectivity index (χ1) is 19.0. The van der Waals surface area contributed by atoms with Crippen LogP contribution >= 0.6 is 22.9 Å². The maximum Gasteiger partial charge on any atom is 0.416 e. The van der Waals surface area contributed by atoms with Gasteiger partial charge in [-0.05, 0) is 54.8 Å². The molecule has 0 saturated heterocycles. The predicted molar refractivity (Wildman–Crippen MR) is 143 cm³/mol. The summed E-state index contributed by atoms with van der Waals surface area (Å²) in [7, 11) is 0. The number of ether oxygens (including phenoxy) is 1. The molecule has 1 N–H and O–H groups in total. The summed E-state index contributed by atoms with van der Waals surface area (Å²) in [6, 6.07) is 11.0. The molecule has 0 fully saturated rings. The van der Waals surface area contributed by atoms with Crippen molar-refractivity contribution in [2.24, 2.45) is 0 Å². The first-order valence-corrected chi connectivity index (χ1v) is 12.8. The number of nitriles is 1. The van der Waals surface area contributed by atoms with E-state index in [1.807, 2.05) is 0 Å². The summed E-state index contributed by atoms with van der Waals surface area (Å²) < 4.78 is 47.8. The Kier molecular flexibility index (Phi) is 6.95. The fraction of sp³-hybridized carbons (Fsp3) is 0.148. The standard InChI is InChI=1S/C27H16ClF3N4O4S/c1-13-33-20-9-15(27(29,30)31)8-14(12-32)23(20)25(36)35(13)5-6-39-22-3-2-16(28)10-17(22)18-11-21(26(37)38)34-19-4-7-40-24(18)19/h2-4,7-11H,5-6H2,1H3,(H,37,38). The molecule has 5 aromatic rings. The van der Waals surface area contributed by atoms with Crippen molar-refractivity contribution in [2.75, 3.05) is 6.61 Å². The third-order valence-corrected chi connectivity index (χ3v) is 7.30. The van der Waals surface area contributed by atoms with Crippen molar-refractivity contribution in [2.45, 2.75) is 19.6 Å². The van der Waals surface area contributed by atoms with Crippen LogP contribution in [0.2, 0.25) is 5.02 Å². The molecule has 0 radical (unpaired) electrons. The number of benzene rings is 2. The molecule has 0 aliphatic carbocycles. The van der Waals surface area contributed by atoms with Crippen molar-refractivity contribution < 1.29 is 27.8 Å². The van der Waals surface area contributed by atoms with Crippen LogP contribution in [0.5, 0.6) is 5.75 Å². The molecule has 3 heterocycles. The molecule has 0 spiro atoms. The van der Waals surface area contributed by atoms with Gasteiger partial charge in [-0.25, -0.2) is 14.8 Å². The van der Waals surface area contributed by atoms with Crippen molar-refractivity contribution in [1.29, 1.82) is 5.26 Å². The van der Waals surface area contributed by atoms with Gasteiger partial charge in [0, 0.05) is 16.1 Å². The summed E-state index contributed by atoms with van der Waals surface area (Å²) in [5, 5.41) is 20.9. The monoisotopic (exact) mass is 584 g/mol. The second-order valence-electron chi connectivity index (χ2n) is 8.63. The Labute approximate surface area is 232 Å². The Balaban J connectivity index is 1.50. The molecule has 2 aromatic carbocycles. The van der Waals surface area contributed by atoms with Crippen LogP contribution in [0.25, 0.3) is 32.2 Å². The molecular formula is C27H16ClF3N4O4S. The number of alkyl halides is 3. The number of hydrogen-bond acceptors (Lipinski definition) is 7. The van der Waals surface area contributed by atoms with Gasteiger partial charge in [0.05, 0.1) is 38.8 Å². The predicted octanol–water partition coefficient (Wildman–Crippen LogP) is 6.30. The third kappa shape index (κ3) is 4.97. The average molecular weight is 585 g/mol. The molecule has 0 aliphatic heterocycles. The molecule has 13 heteroatoms. The Bertz CT molecular complexity index is 1930. The summed E-state index contributed by atoms with van der Waals surface area (Å²) in [6.07, 6.45) is -4.71. The lowest BCUT2D eigenvalue weighted by atomic mass is 10.0. The van der Waals surface area contributed by atoms with Gasteiger partial charge in [-0.3, -0.25) is 9.36 Å². The normalized spacial score (nSPS) is 11.6. The number of nitrogens with zero attached hydrogens (tertiary/aromatic N) is 4. The number of carboxylic acid groups (broad SMARTS) is 1. The zero-order valence-corrected chi connectivity index (χ0v) is 22.0. The topological polar surface area (TPSA) is 118 Å². The molecule has 3 aromatic heterocycles. The smallest absolute Gasteiger partial charge is 0.416 e. The first kappa shape index (κ1) is 27.1. The Morgan fingerprint density at radius 2 is 1.93 bits per heavy atom. The molecule has 0 atom stereocenters. The van der Waals surface area contributed by atoms with E-state index in [1.54, 1.807) is 35.7 Å². The van der Waals surface area contributed by atoms with Gasteiger partial charge in [-0.1, -0.05) is 11.6 Å². The van der Waals surface area contributed by atoms with Gasteiger partial charge in [0.25, 0.3) is 5.56 Å².